The minimum absolute atomic E-state index is 0.130. The van der Waals surface area contributed by atoms with E-state index in [1.807, 2.05) is 19.1 Å². The number of carbonyl (C=O) groups excluding carboxylic acids is 1. The third-order valence-electron chi connectivity index (χ3n) is 3.95. The fourth-order valence-corrected chi connectivity index (χ4v) is 3.90. The van der Waals surface area contributed by atoms with Crippen LogP contribution in [0.25, 0.3) is 0 Å². The summed E-state index contributed by atoms with van der Waals surface area (Å²) in [6, 6.07) is 6.11. The summed E-state index contributed by atoms with van der Waals surface area (Å²) in [6.07, 6.45) is 1.29. The maximum absolute atomic E-state index is 12.2. The number of amides is 1. The molecule has 1 heterocycles. The second-order valence-corrected chi connectivity index (χ2v) is 7.53. The van der Waals surface area contributed by atoms with Crippen molar-refractivity contribution < 1.29 is 9.69 Å². The van der Waals surface area contributed by atoms with Gasteiger partial charge in [0.1, 0.15) is 0 Å². The molecule has 3 nitrogen and oxygen atoms in total. The van der Waals surface area contributed by atoms with Crippen LogP contribution in [0.1, 0.15) is 25.8 Å². The number of benzene rings is 1. The molecule has 1 saturated heterocycles. The summed E-state index contributed by atoms with van der Waals surface area (Å²) in [4.78, 5) is 13.6. The van der Waals surface area contributed by atoms with Crippen molar-refractivity contribution in [2.24, 2.45) is 11.8 Å². The van der Waals surface area contributed by atoms with E-state index in [2.05, 4.69) is 47.8 Å². The molecular formula is C16H24IN2O+. The zero-order valence-corrected chi connectivity index (χ0v) is 14.7. The van der Waals surface area contributed by atoms with Gasteiger partial charge in [0.15, 0.2) is 6.54 Å². The fraction of sp³-hybridized carbons (Fsp3) is 0.562. The zero-order valence-electron chi connectivity index (χ0n) is 12.5. The van der Waals surface area contributed by atoms with Crippen molar-refractivity contribution in [1.82, 2.24) is 0 Å². The maximum atomic E-state index is 12.2. The summed E-state index contributed by atoms with van der Waals surface area (Å²) >= 11 is 2.29. The first-order valence-electron chi connectivity index (χ1n) is 7.33. The van der Waals surface area contributed by atoms with E-state index in [0.717, 1.165) is 36.2 Å². The molecule has 0 aromatic heterocycles. The van der Waals surface area contributed by atoms with Crippen LogP contribution in [0, 0.1) is 22.3 Å². The molecule has 1 aromatic carbocycles. The van der Waals surface area contributed by atoms with Crippen LogP contribution in [0.15, 0.2) is 18.2 Å². The van der Waals surface area contributed by atoms with Gasteiger partial charge in [0.05, 0.1) is 13.1 Å². The summed E-state index contributed by atoms with van der Waals surface area (Å²) in [5.41, 5.74) is 2.06. The molecule has 2 N–H and O–H groups in total. The first kappa shape index (κ1) is 15.8. The van der Waals surface area contributed by atoms with E-state index in [0.29, 0.717) is 6.54 Å². The fourth-order valence-electron chi connectivity index (χ4n) is 3.26. The van der Waals surface area contributed by atoms with Gasteiger partial charge >= 0.3 is 0 Å². The van der Waals surface area contributed by atoms with Gasteiger partial charge in [-0.15, -0.1) is 0 Å². The lowest BCUT2D eigenvalue weighted by Crippen LogP contribution is -3.15. The van der Waals surface area contributed by atoms with Crippen LogP contribution in [-0.4, -0.2) is 25.5 Å². The van der Waals surface area contributed by atoms with Crippen molar-refractivity contribution in [2.75, 3.05) is 25.0 Å². The van der Waals surface area contributed by atoms with Gasteiger partial charge in [0, 0.05) is 21.1 Å². The predicted octanol–water partition coefficient (Wildman–Crippen LogP) is 2.10. The standard InChI is InChI=1S/C16H23IN2O/c1-11-6-12(2)9-19(8-11)10-16(20)18-15-5-4-14(17)7-13(15)3/h4-5,7,11-12H,6,8-10H2,1-3H3,(H,18,20)/p+1/t11-,12+. The van der Waals surface area contributed by atoms with Crippen LogP contribution in [0.4, 0.5) is 5.69 Å². The number of carbonyl (C=O) groups is 1. The van der Waals surface area contributed by atoms with Crippen molar-refractivity contribution in [1.29, 1.82) is 0 Å². The number of aryl methyl sites for hydroxylation is 1. The minimum atomic E-state index is 0.130. The average Bonchev–Trinajstić information content (AvgIpc) is 2.31. The van der Waals surface area contributed by atoms with Gasteiger partial charge in [-0.1, -0.05) is 13.8 Å². The molecular weight excluding hydrogens is 363 g/mol. The van der Waals surface area contributed by atoms with Crippen LogP contribution >= 0.6 is 22.6 Å². The van der Waals surface area contributed by atoms with Crippen LogP contribution < -0.4 is 10.2 Å². The molecule has 1 fully saturated rings. The predicted molar refractivity (Wildman–Crippen MR) is 91.0 cm³/mol. The van der Waals surface area contributed by atoms with Gasteiger partial charge in [0.25, 0.3) is 5.91 Å². The quantitative estimate of drug-likeness (QED) is 0.766. The van der Waals surface area contributed by atoms with Gasteiger partial charge in [-0.25, -0.2) is 0 Å². The van der Waals surface area contributed by atoms with Crippen molar-refractivity contribution in [3.05, 3.63) is 27.3 Å². The van der Waals surface area contributed by atoms with E-state index in [1.165, 1.54) is 14.9 Å². The normalized spacial score (nSPS) is 26.3. The largest absolute Gasteiger partial charge is 0.327 e. The van der Waals surface area contributed by atoms with Crippen molar-refractivity contribution in [3.63, 3.8) is 0 Å². The Morgan fingerprint density at radius 1 is 1.35 bits per heavy atom. The average molecular weight is 387 g/mol. The molecule has 4 heteroatoms. The molecule has 1 aliphatic heterocycles. The topological polar surface area (TPSA) is 33.5 Å². The first-order chi connectivity index (χ1) is 9.44. The number of hydrogen-bond donors (Lipinski definition) is 2. The van der Waals surface area contributed by atoms with Gasteiger partial charge in [0.2, 0.25) is 0 Å². The van der Waals surface area contributed by atoms with Gasteiger partial charge in [-0.05, 0) is 59.7 Å². The number of nitrogens with one attached hydrogen (secondary N) is 2. The highest BCUT2D eigenvalue weighted by atomic mass is 127. The molecule has 0 spiro atoms. The summed E-state index contributed by atoms with van der Waals surface area (Å²) in [6.45, 7) is 9.43. The summed E-state index contributed by atoms with van der Waals surface area (Å²) < 4.78 is 1.20. The summed E-state index contributed by atoms with van der Waals surface area (Å²) in [5, 5.41) is 3.05. The van der Waals surface area contributed by atoms with Gasteiger partial charge in [-0.3, -0.25) is 4.79 Å². The Morgan fingerprint density at radius 3 is 2.60 bits per heavy atom. The van der Waals surface area contributed by atoms with Crippen molar-refractivity contribution in [3.8, 4) is 0 Å². The smallest absolute Gasteiger partial charge is 0.279 e. The summed E-state index contributed by atoms with van der Waals surface area (Å²) in [7, 11) is 0. The summed E-state index contributed by atoms with van der Waals surface area (Å²) in [5.74, 6) is 1.58. The maximum Gasteiger partial charge on any atom is 0.279 e. The molecule has 110 valence electrons. The van der Waals surface area contributed by atoms with Gasteiger partial charge in [-0.2, -0.15) is 0 Å². The molecule has 1 aliphatic rings. The van der Waals surface area contributed by atoms with Gasteiger partial charge < -0.3 is 10.2 Å². The molecule has 0 bridgehead atoms. The van der Waals surface area contributed by atoms with Crippen LogP contribution in [0.5, 0.6) is 0 Å². The number of likely N-dealkylation sites (tertiary alicyclic amines) is 1. The second-order valence-electron chi connectivity index (χ2n) is 6.29. The Bertz CT molecular complexity index is 479. The molecule has 0 saturated carbocycles. The molecule has 2 rings (SSSR count). The molecule has 0 radical (unpaired) electrons. The first-order valence-corrected chi connectivity index (χ1v) is 8.41. The SMILES string of the molecule is Cc1cc(I)ccc1NC(=O)C[NH+]1C[C@H](C)C[C@H](C)C1. The Hall–Kier alpha value is -0.620. The number of piperidine rings is 1. The van der Waals surface area contributed by atoms with E-state index in [4.69, 9.17) is 0 Å². The Labute approximate surface area is 135 Å². The van der Waals surface area contributed by atoms with E-state index in [9.17, 15) is 4.79 Å². The second kappa shape index (κ2) is 6.89. The molecule has 0 aliphatic carbocycles. The Balaban J connectivity index is 1.92. The molecule has 1 amide bonds. The molecule has 1 aromatic rings. The molecule has 1 unspecified atom stereocenters. The third-order valence-corrected chi connectivity index (χ3v) is 4.62. The lowest BCUT2D eigenvalue weighted by Gasteiger charge is -2.31. The number of halogens is 1. The van der Waals surface area contributed by atoms with E-state index < -0.39 is 0 Å². The van der Waals surface area contributed by atoms with Crippen molar-refractivity contribution in [2.45, 2.75) is 27.2 Å². The van der Waals surface area contributed by atoms with E-state index >= 15 is 0 Å². The monoisotopic (exact) mass is 387 g/mol. The zero-order chi connectivity index (χ0) is 14.7. The Morgan fingerprint density at radius 2 is 2.00 bits per heavy atom. The number of quaternary nitrogens is 1. The number of hydrogen-bond acceptors (Lipinski definition) is 1. The number of rotatable bonds is 3. The van der Waals surface area contributed by atoms with Crippen LogP contribution in [0.2, 0.25) is 0 Å². The van der Waals surface area contributed by atoms with Crippen LogP contribution in [0.3, 0.4) is 0 Å². The molecule has 20 heavy (non-hydrogen) atoms. The Kier molecular flexibility index (Phi) is 5.43. The van der Waals surface area contributed by atoms with Crippen molar-refractivity contribution >= 4 is 34.2 Å². The highest BCUT2D eigenvalue weighted by Crippen LogP contribution is 2.17. The van der Waals surface area contributed by atoms with E-state index in [1.54, 1.807) is 0 Å². The number of anilines is 1. The van der Waals surface area contributed by atoms with Crippen LogP contribution in [-0.2, 0) is 4.79 Å². The minimum Gasteiger partial charge on any atom is -0.327 e. The lowest BCUT2D eigenvalue weighted by molar-refractivity contribution is -0.904. The van der Waals surface area contributed by atoms with E-state index in [-0.39, 0.29) is 5.91 Å². The highest BCUT2D eigenvalue weighted by Gasteiger charge is 2.26. The lowest BCUT2D eigenvalue weighted by atomic mass is 9.92. The third kappa shape index (κ3) is 4.45. The molecule has 3 atom stereocenters. The highest BCUT2D eigenvalue weighted by molar-refractivity contribution is 14.1.